The smallest absolute Gasteiger partial charge is 0.162 e. The van der Waals surface area contributed by atoms with Crippen molar-refractivity contribution >= 4 is 56.6 Å². The standard InChI is InChI=1S/C23H25Cl2NO2/c1-26-20-10-8-16(22(27)6-2-4-12-24)14-18(20)19-15-17(9-11-21(19)26)23(28)7-3-5-13-25/h8-11,14-15H,2-7,12-13H2,1H3. The first-order chi connectivity index (χ1) is 13.6. The Morgan fingerprint density at radius 1 is 0.750 bits per heavy atom. The van der Waals surface area contributed by atoms with Gasteiger partial charge in [-0.1, -0.05) is 0 Å². The summed E-state index contributed by atoms with van der Waals surface area (Å²) in [5, 5.41) is 2.02. The highest BCUT2D eigenvalue weighted by atomic mass is 35.5. The van der Waals surface area contributed by atoms with E-state index in [9.17, 15) is 9.59 Å². The van der Waals surface area contributed by atoms with Gasteiger partial charge in [0.05, 0.1) is 0 Å². The van der Waals surface area contributed by atoms with Crippen molar-refractivity contribution in [1.82, 2.24) is 4.57 Å². The summed E-state index contributed by atoms with van der Waals surface area (Å²) < 4.78 is 2.11. The van der Waals surface area contributed by atoms with Gasteiger partial charge in [0.25, 0.3) is 0 Å². The second-order valence-corrected chi connectivity index (χ2v) is 7.92. The van der Waals surface area contributed by atoms with E-state index in [0.717, 1.165) is 47.5 Å². The van der Waals surface area contributed by atoms with Crippen molar-refractivity contribution in [2.75, 3.05) is 11.8 Å². The molecule has 0 N–H and O–H groups in total. The highest BCUT2D eigenvalue weighted by Crippen LogP contribution is 2.30. The summed E-state index contributed by atoms with van der Waals surface area (Å²) in [6.07, 6.45) is 4.31. The molecule has 2 aromatic carbocycles. The maximum atomic E-state index is 12.5. The molecule has 0 atom stereocenters. The van der Waals surface area contributed by atoms with Crippen LogP contribution in [0.15, 0.2) is 36.4 Å². The molecule has 0 aliphatic carbocycles. The summed E-state index contributed by atoms with van der Waals surface area (Å²) in [5.74, 6) is 1.43. The zero-order chi connectivity index (χ0) is 20.1. The van der Waals surface area contributed by atoms with E-state index in [0.29, 0.717) is 35.7 Å². The van der Waals surface area contributed by atoms with Gasteiger partial charge in [-0.15, -0.1) is 23.2 Å². The van der Waals surface area contributed by atoms with Crippen LogP contribution in [0.5, 0.6) is 0 Å². The number of alkyl halides is 2. The van der Waals surface area contributed by atoms with Gasteiger partial charge < -0.3 is 4.57 Å². The second-order valence-electron chi connectivity index (χ2n) is 7.16. The van der Waals surface area contributed by atoms with Crippen LogP contribution < -0.4 is 0 Å². The van der Waals surface area contributed by atoms with Crippen molar-refractivity contribution in [3.8, 4) is 0 Å². The minimum absolute atomic E-state index is 0.136. The molecule has 0 aliphatic heterocycles. The Morgan fingerprint density at radius 3 is 1.57 bits per heavy atom. The van der Waals surface area contributed by atoms with E-state index in [1.807, 2.05) is 43.4 Å². The molecule has 0 fully saturated rings. The number of ketones is 2. The van der Waals surface area contributed by atoms with E-state index in [-0.39, 0.29) is 11.6 Å². The van der Waals surface area contributed by atoms with Crippen LogP contribution in [-0.2, 0) is 7.05 Å². The van der Waals surface area contributed by atoms with E-state index in [2.05, 4.69) is 4.57 Å². The van der Waals surface area contributed by atoms with Crippen LogP contribution >= 0.6 is 23.2 Å². The number of aromatic nitrogens is 1. The monoisotopic (exact) mass is 417 g/mol. The van der Waals surface area contributed by atoms with Crippen molar-refractivity contribution in [2.24, 2.45) is 7.05 Å². The number of carbonyl (C=O) groups excluding carboxylic acids is 2. The molecule has 148 valence electrons. The van der Waals surface area contributed by atoms with Crippen LogP contribution in [0.25, 0.3) is 21.8 Å². The number of halogens is 2. The van der Waals surface area contributed by atoms with Gasteiger partial charge in [0, 0.05) is 64.6 Å². The molecular weight excluding hydrogens is 393 g/mol. The number of rotatable bonds is 10. The van der Waals surface area contributed by atoms with Crippen molar-refractivity contribution in [3.63, 3.8) is 0 Å². The first-order valence-electron chi connectivity index (χ1n) is 9.77. The molecule has 0 spiro atoms. The molecule has 3 nitrogen and oxygen atoms in total. The lowest BCUT2D eigenvalue weighted by Crippen LogP contribution is -1.99. The maximum absolute atomic E-state index is 12.5. The molecule has 0 bridgehead atoms. The number of unbranched alkanes of at least 4 members (excludes halogenated alkanes) is 2. The van der Waals surface area contributed by atoms with Crippen molar-refractivity contribution < 1.29 is 9.59 Å². The number of aryl methyl sites for hydroxylation is 1. The van der Waals surface area contributed by atoms with Crippen molar-refractivity contribution in [3.05, 3.63) is 47.5 Å². The Kier molecular flexibility index (Phi) is 7.14. The Bertz CT molecular complexity index is 927. The van der Waals surface area contributed by atoms with Crippen molar-refractivity contribution in [1.29, 1.82) is 0 Å². The van der Waals surface area contributed by atoms with Crippen LogP contribution in [0, 0.1) is 0 Å². The third-order valence-corrected chi connectivity index (χ3v) is 5.76. The highest BCUT2D eigenvalue weighted by Gasteiger charge is 2.14. The molecule has 0 amide bonds. The fourth-order valence-electron chi connectivity index (χ4n) is 3.61. The third kappa shape index (κ3) is 4.42. The van der Waals surface area contributed by atoms with Crippen LogP contribution in [0.4, 0.5) is 0 Å². The fourth-order valence-corrected chi connectivity index (χ4v) is 3.99. The number of nitrogens with zero attached hydrogens (tertiary/aromatic N) is 1. The van der Waals surface area contributed by atoms with Crippen LogP contribution in [-0.4, -0.2) is 27.9 Å². The highest BCUT2D eigenvalue weighted by molar-refractivity contribution is 6.18. The first-order valence-corrected chi connectivity index (χ1v) is 10.8. The van der Waals surface area contributed by atoms with E-state index in [1.165, 1.54) is 0 Å². The predicted molar refractivity (Wildman–Crippen MR) is 118 cm³/mol. The Morgan fingerprint density at radius 2 is 1.18 bits per heavy atom. The molecule has 0 saturated carbocycles. The van der Waals surface area contributed by atoms with Gasteiger partial charge in [-0.2, -0.15) is 0 Å². The number of carbonyl (C=O) groups is 2. The number of Topliss-reactive ketones (excluding diaryl/α,β-unsaturated/α-hetero) is 2. The third-order valence-electron chi connectivity index (χ3n) is 5.22. The van der Waals surface area contributed by atoms with Crippen LogP contribution in [0.3, 0.4) is 0 Å². The molecule has 0 saturated heterocycles. The Labute approximate surface area is 175 Å². The normalized spacial score (nSPS) is 11.4. The van der Waals surface area contributed by atoms with Crippen LogP contribution in [0.2, 0.25) is 0 Å². The molecule has 0 unspecified atom stereocenters. The molecule has 3 aromatic rings. The summed E-state index contributed by atoms with van der Waals surface area (Å²) in [5.41, 5.74) is 3.54. The summed E-state index contributed by atoms with van der Waals surface area (Å²) in [4.78, 5) is 25.0. The van der Waals surface area contributed by atoms with Gasteiger partial charge in [-0.25, -0.2) is 0 Å². The minimum Gasteiger partial charge on any atom is -0.344 e. The molecule has 0 aliphatic rings. The van der Waals surface area contributed by atoms with Crippen molar-refractivity contribution in [2.45, 2.75) is 38.5 Å². The molecule has 1 heterocycles. The Balaban J connectivity index is 1.96. The average Bonchev–Trinajstić information content (AvgIpc) is 2.99. The lowest BCUT2D eigenvalue weighted by atomic mass is 10.0. The van der Waals surface area contributed by atoms with Gasteiger partial charge in [0.2, 0.25) is 0 Å². The lowest BCUT2D eigenvalue weighted by Gasteiger charge is -2.02. The number of hydrogen-bond acceptors (Lipinski definition) is 2. The topological polar surface area (TPSA) is 39.1 Å². The fraction of sp³-hybridized carbons (Fsp3) is 0.391. The number of benzene rings is 2. The minimum atomic E-state index is 0.136. The summed E-state index contributed by atoms with van der Waals surface area (Å²) in [6.45, 7) is 0. The van der Waals surface area contributed by atoms with E-state index in [1.54, 1.807) is 0 Å². The molecule has 3 rings (SSSR count). The summed E-state index contributed by atoms with van der Waals surface area (Å²) in [6, 6.07) is 11.7. The van der Waals surface area contributed by atoms with Gasteiger partial charge in [-0.05, 0) is 62.1 Å². The molecule has 5 heteroatoms. The summed E-state index contributed by atoms with van der Waals surface area (Å²) >= 11 is 11.4. The SMILES string of the molecule is Cn1c2ccc(C(=O)CCCCCl)cc2c2cc(C(=O)CCCCCl)ccc21. The average molecular weight is 418 g/mol. The molecular formula is C23H25Cl2NO2. The van der Waals surface area contributed by atoms with E-state index in [4.69, 9.17) is 23.2 Å². The largest absolute Gasteiger partial charge is 0.344 e. The number of hydrogen-bond donors (Lipinski definition) is 0. The van der Waals surface area contributed by atoms with Gasteiger partial charge in [-0.3, -0.25) is 9.59 Å². The molecule has 1 aromatic heterocycles. The summed E-state index contributed by atoms with van der Waals surface area (Å²) in [7, 11) is 2.01. The molecule has 0 radical (unpaired) electrons. The molecule has 28 heavy (non-hydrogen) atoms. The van der Waals surface area contributed by atoms with Gasteiger partial charge in [0.15, 0.2) is 11.6 Å². The Hall–Kier alpha value is -1.84. The maximum Gasteiger partial charge on any atom is 0.162 e. The predicted octanol–water partition coefficient (Wildman–Crippen LogP) is 6.52. The van der Waals surface area contributed by atoms with E-state index < -0.39 is 0 Å². The van der Waals surface area contributed by atoms with Crippen LogP contribution in [0.1, 0.15) is 59.2 Å². The van der Waals surface area contributed by atoms with Gasteiger partial charge >= 0.3 is 0 Å². The lowest BCUT2D eigenvalue weighted by molar-refractivity contribution is 0.0972. The zero-order valence-electron chi connectivity index (χ0n) is 16.1. The van der Waals surface area contributed by atoms with Gasteiger partial charge in [0.1, 0.15) is 0 Å². The zero-order valence-corrected chi connectivity index (χ0v) is 17.7. The number of fused-ring (bicyclic) bond motifs is 3. The second kappa shape index (κ2) is 9.58. The quantitative estimate of drug-likeness (QED) is 0.214. The first kappa shape index (κ1) is 20.9. The van der Waals surface area contributed by atoms with E-state index >= 15 is 0 Å².